The van der Waals surface area contributed by atoms with Crippen LogP contribution in [0.1, 0.15) is 57.4 Å². The lowest BCUT2D eigenvalue weighted by molar-refractivity contribution is -0.0518. The van der Waals surface area contributed by atoms with Crippen LogP contribution in [0.4, 0.5) is 5.69 Å². The smallest absolute Gasteiger partial charge is 0.288 e. The fraction of sp³-hybridized carbons (Fsp3) is 0.583. The standard InChI is InChI=1S/C24H30ClN3O/c1-16(7-8-17-5-3-2-4-6-17)27-21-15-26-28(23(29)22(21)25)24-12-18-9-19(13-24)11-20(10-18)14-24/h2-6,15-16,18-20,27H,7-14H2,1H3/t16-,18?,19?,20?,24?/m1/s1. The first-order valence-corrected chi connectivity index (χ1v) is 11.5. The molecule has 0 unspecified atom stereocenters. The highest BCUT2D eigenvalue weighted by molar-refractivity contribution is 6.32. The molecule has 4 nitrogen and oxygen atoms in total. The molecule has 29 heavy (non-hydrogen) atoms. The Kier molecular flexibility index (Phi) is 4.93. The molecule has 0 radical (unpaired) electrons. The van der Waals surface area contributed by atoms with Gasteiger partial charge in [0, 0.05) is 6.04 Å². The monoisotopic (exact) mass is 411 g/mol. The molecule has 1 heterocycles. The Morgan fingerprint density at radius 3 is 2.38 bits per heavy atom. The predicted octanol–water partition coefficient (Wildman–Crippen LogP) is 5.26. The van der Waals surface area contributed by atoms with Crippen LogP contribution < -0.4 is 10.9 Å². The lowest BCUT2D eigenvalue weighted by Gasteiger charge is -2.56. The van der Waals surface area contributed by atoms with Crippen molar-refractivity contribution in [1.29, 1.82) is 0 Å². The first-order chi connectivity index (χ1) is 14.0. The number of rotatable bonds is 6. The number of hydrogen-bond donors (Lipinski definition) is 1. The summed E-state index contributed by atoms with van der Waals surface area (Å²) in [5.41, 5.74) is 1.78. The van der Waals surface area contributed by atoms with Crippen LogP contribution in [-0.4, -0.2) is 15.8 Å². The number of nitrogens with one attached hydrogen (secondary N) is 1. The van der Waals surface area contributed by atoms with Gasteiger partial charge < -0.3 is 5.32 Å². The van der Waals surface area contributed by atoms with Gasteiger partial charge in [0.05, 0.1) is 17.4 Å². The van der Waals surface area contributed by atoms with E-state index in [-0.39, 0.29) is 17.1 Å². The molecule has 0 amide bonds. The number of benzene rings is 1. The molecule has 1 aromatic heterocycles. The number of nitrogens with zero attached hydrogens (tertiary/aromatic N) is 2. The fourth-order valence-electron chi connectivity index (χ4n) is 6.56. The summed E-state index contributed by atoms with van der Waals surface area (Å²) >= 11 is 6.56. The van der Waals surface area contributed by atoms with Gasteiger partial charge in [-0.25, -0.2) is 4.68 Å². The second-order valence-corrected chi connectivity index (χ2v) is 10.2. The largest absolute Gasteiger partial charge is 0.380 e. The van der Waals surface area contributed by atoms with Gasteiger partial charge in [0.1, 0.15) is 5.02 Å². The van der Waals surface area contributed by atoms with Gasteiger partial charge in [0.15, 0.2) is 0 Å². The van der Waals surface area contributed by atoms with E-state index in [1.807, 2.05) is 6.07 Å². The maximum Gasteiger partial charge on any atom is 0.288 e. The van der Waals surface area contributed by atoms with Crippen molar-refractivity contribution in [2.24, 2.45) is 17.8 Å². The molecular weight excluding hydrogens is 382 g/mol. The summed E-state index contributed by atoms with van der Waals surface area (Å²) in [7, 11) is 0. The van der Waals surface area contributed by atoms with E-state index in [1.165, 1.54) is 24.8 Å². The van der Waals surface area contributed by atoms with E-state index in [9.17, 15) is 4.79 Å². The van der Waals surface area contributed by atoms with E-state index in [4.69, 9.17) is 11.6 Å². The normalized spacial score (nSPS) is 31.0. The van der Waals surface area contributed by atoms with Crippen molar-refractivity contribution in [1.82, 2.24) is 9.78 Å². The van der Waals surface area contributed by atoms with Crippen molar-refractivity contribution in [3.8, 4) is 0 Å². The third-order valence-corrected chi connectivity index (χ3v) is 7.85. The number of halogens is 1. The third kappa shape index (κ3) is 3.61. The molecule has 6 rings (SSSR count). The van der Waals surface area contributed by atoms with Gasteiger partial charge in [-0.2, -0.15) is 5.10 Å². The average Bonchev–Trinajstić information content (AvgIpc) is 2.69. The van der Waals surface area contributed by atoms with Crippen LogP contribution in [0.15, 0.2) is 41.3 Å². The maximum atomic E-state index is 13.2. The van der Waals surface area contributed by atoms with Gasteiger partial charge in [-0.1, -0.05) is 41.9 Å². The van der Waals surface area contributed by atoms with Crippen LogP contribution in [-0.2, 0) is 12.0 Å². The topological polar surface area (TPSA) is 46.9 Å². The van der Waals surface area contributed by atoms with Gasteiger partial charge in [-0.05, 0) is 81.6 Å². The summed E-state index contributed by atoms with van der Waals surface area (Å²) in [5.74, 6) is 2.30. The fourth-order valence-corrected chi connectivity index (χ4v) is 6.74. The van der Waals surface area contributed by atoms with Crippen LogP contribution in [0.25, 0.3) is 0 Å². The number of aryl methyl sites for hydroxylation is 1. The van der Waals surface area contributed by atoms with E-state index in [1.54, 1.807) is 10.9 Å². The van der Waals surface area contributed by atoms with Gasteiger partial charge in [0.2, 0.25) is 0 Å². The Morgan fingerprint density at radius 2 is 1.76 bits per heavy atom. The molecule has 1 aromatic carbocycles. The third-order valence-electron chi connectivity index (χ3n) is 7.48. The highest BCUT2D eigenvalue weighted by atomic mass is 35.5. The van der Waals surface area contributed by atoms with Crippen LogP contribution in [0, 0.1) is 17.8 Å². The second kappa shape index (κ2) is 7.46. The van der Waals surface area contributed by atoms with Crippen LogP contribution >= 0.6 is 11.6 Å². The number of anilines is 1. The predicted molar refractivity (Wildman–Crippen MR) is 118 cm³/mol. The van der Waals surface area contributed by atoms with E-state index in [2.05, 4.69) is 41.6 Å². The van der Waals surface area contributed by atoms with Crippen LogP contribution in [0.3, 0.4) is 0 Å². The molecule has 0 aliphatic heterocycles. The molecule has 4 bridgehead atoms. The number of aromatic nitrogens is 2. The zero-order chi connectivity index (χ0) is 20.0. The zero-order valence-electron chi connectivity index (χ0n) is 17.1. The van der Waals surface area contributed by atoms with Crippen molar-refractivity contribution in [2.75, 3.05) is 5.32 Å². The Hall–Kier alpha value is -1.81. The molecule has 4 aliphatic rings. The second-order valence-electron chi connectivity index (χ2n) is 9.80. The van der Waals surface area contributed by atoms with Gasteiger partial charge in [0.25, 0.3) is 5.56 Å². The number of hydrogen-bond acceptors (Lipinski definition) is 3. The summed E-state index contributed by atoms with van der Waals surface area (Å²) < 4.78 is 1.76. The molecule has 4 aliphatic carbocycles. The van der Waals surface area contributed by atoms with E-state index in [0.29, 0.717) is 10.7 Å². The minimum atomic E-state index is -0.117. The van der Waals surface area contributed by atoms with Gasteiger partial charge in [-0.3, -0.25) is 4.79 Å². The minimum Gasteiger partial charge on any atom is -0.380 e. The highest BCUT2D eigenvalue weighted by Crippen LogP contribution is 2.58. The average molecular weight is 412 g/mol. The summed E-state index contributed by atoms with van der Waals surface area (Å²) in [6.07, 6.45) is 11.1. The molecule has 2 aromatic rings. The molecule has 1 N–H and O–H groups in total. The van der Waals surface area contributed by atoms with E-state index >= 15 is 0 Å². The van der Waals surface area contributed by atoms with Crippen molar-refractivity contribution >= 4 is 17.3 Å². The quantitative estimate of drug-likeness (QED) is 0.705. The van der Waals surface area contributed by atoms with Crippen molar-refractivity contribution < 1.29 is 0 Å². The Balaban J connectivity index is 1.32. The molecule has 1 atom stereocenters. The van der Waals surface area contributed by atoms with Crippen molar-refractivity contribution in [3.05, 3.63) is 57.5 Å². The first-order valence-electron chi connectivity index (χ1n) is 11.1. The maximum absolute atomic E-state index is 13.2. The van der Waals surface area contributed by atoms with Crippen LogP contribution in [0.5, 0.6) is 0 Å². The Bertz CT molecular complexity index is 904. The summed E-state index contributed by atoms with van der Waals surface area (Å²) in [6, 6.07) is 10.7. The van der Waals surface area contributed by atoms with E-state index in [0.717, 1.165) is 49.9 Å². The SMILES string of the molecule is C[C@H](CCc1ccccc1)Nc1cnn(C23CC4CC(CC(C4)C2)C3)c(=O)c1Cl. The Labute approximate surface area is 177 Å². The molecule has 5 heteroatoms. The van der Waals surface area contributed by atoms with Crippen molar-refractivity contribution in [2.45, 2.75) is 69.9 Å². The van der Waals surface area contributed by atoms with Gasteiger partial charge >= 0.3 is 0 Å². The summed E-state index contributed by atoms with van der Waals surface area (Å²) in [6.45, 7) is 2.13. The molecule has 154 valence electrons. The molecular formula is C24H30ClN3O. The first kappa shape index (κ1) is 19.2. The Morgan fingerprint density at radius 1 is 1.14 bits per heavy atom. The highest BCUT2D eigenvalue weighted by Gasteiger charge is 2.53. The molecule has 0 spiro atoms. The lowest BCUT2D eigenvalue weighted by atomic mass is 9.53. The molecule has 4 saturated carbocycles. The zero-order valence-corrected chi connectivity index (χ0v) is 17.9. The minimum absolute atomic E-state index is 0.0903. The van der Waals surface area contributed by atoms with E-state index < -0.39 is 0 Å². The van der Waals surface area contributed by atoms with Crippen LogP contribution in [0.2, 0.25) is 5.02 Å². The summed E-state index contributed by atoms with van der Waals surface area (Å²) in [5, 5.41) is 8.37. The van der Waals surface area contributed by atoms with Gasteiger partial charge in [-0.15, -0.1) is 0 Å². The molecule has 0 saturated heterocycles. The molecule has 4 fully saturated rings. The lowest BCUT2D eigenvalue weighted by Crippen LogP contribution is -2.55. The van der Waals surface area contributed by atoms with Crippen molar-refractivity contribution in [3.63, 3.8) is 0 Å². The summed E-state index contributed by atoms with van der Waals surface area (Å²) in [4.78, 5) is 13.2.